The zero-order valence-electron chi connectivity index (χ0n) is 19.4. The maximum Gasteiger partial charge on any atom is 0.130 e. The quantitative estimate of drug-likeness (QED) is 0.384. The summed E-state index contributed by atoms with van der Waals surface area (Å²) in [5, 5.41) is 18.4. The Hall–Kier alpha value is -3.56. The molecule has 3 aromatic rings. The number of imidazole rings is 1. The van der Waals surface area contributed by atoms with Gasteiger partial charge in [-0.1, -0.05) is 18.2 Å². The molecule has 2 aliphatic heterocycles. The molecule has 0 saturated carbocycles. The van der Waals surface area contributed by atoms with E-state index in [-0.39, 0.29) is 18.0 Å². The Labute approximate surface area is 203 Å². The number of aromatic amines is 1. The molecule has 2 aliphatic rings. The highest BCUT2D eigenvalue weighted by atomic mass is 19.1. The summed E-state index contributed by atoms with van der Waals surface area (Å²) in [7, 11) is 0. The number of aliphatic hydroxyl groups excluding tert-OH is 1. The number of rotatable bonds is 5. The molecule has 8 nitrogen and oxygen atoms in total. The highest BCUT2D eigenvalue weighted by molar-refractivity contribution is 5.94. The van der Waals surface area contributed by atoms with Crippen LogP contribution in [0.25, 0.3) is 17.5 Å². The van der Waals surface area contributed by atoms with Crippen LogP contribution in [0, 0.1) is 11.2 Å². The van der Waals surface area contributed by atoms with Crippen molar-refractivity contribution in [1.29, 1.82) is 5.41 Å². The summed E-state index contributed by atoms with van der Waals surface area (Å²) in [6.07, 6.45) is 6.47. The number of hydrogen-bond acceptors (Lipinski definition) is 6. The van der Waals surface area contributed by atoms with E-state index in [0.29, 0.717) is 31.4 Å². The number of amidine groups is 1. The Balaban J connectivity index is 1.28. The second-order valence-electron chi connectivity index (χ2n) is 8.84. The summed E-state index contributed by atoms with van der Waals surface area (Å²) < 4.78 is 19.4. The zero-order chi connectivity index (χ0) is 24.2. The Morgan fingerprint density at radius 3 is 2.83 bits per heavy atom. The van der Waals surface area contributed by atoms with E-state index in [9.17, 15) is 9.50 Å². The number of benzene rings is 1. The molecule has 0 spiro atoms. The summed E-state index contributed by atoms with van der Waals surface area (Å²) >= 11 is 0. The van der Waals surface area contributed by atoms with Crippen LogP contribution < -0.4 is 4.90 Å². The maximum atomic E-state index is 13.8. The van der Waals surface area contributed by atoms with Crippen LogP contribution in [0.4, 0.5) is 10.2 Å². The summed E-state index contributed by atoms with van der Waals surface area (Å²) in [4.78, 5) is 16.6. The molecule has 0 amide bonds. The molecule has 0 bridgehead atoms. The smallest absolute Gasteiger partial charge is 0.130 e. The van der Waals surface area contributed by atoms with Crippen molar-refractivity contribution < 1.29 is 14.2 Å². The molecule has 2 fully saturated rings. The standard InChI is InChI=1S/C26H29FN6O2/c27-19-4-1-3-18(15-19)23-17-35-14-13-33(23)24(28)7-8-25-29-16-22(30-25)21-5-2-6-26(31-21)32-11-9-20(34)10-12-32/h1-8,15-16,20,23,28,34H,9-14,17H2,(H,29,30)/b8-7-,28-24?/t23-/m0/s1. The lowest BCUT2D eigenvalue weighted by atomic mass is 10.0. The first kappa shape index (κ1) is 23.2. The van der Waals surface area contributed by atoms with Crippen molar-refractivity contribution in [2.45, 2.75) is 25.0 Å². The van der Waals surface area contributed by atoms with Crippen molar-refractivity contribution in [2.24, 2.45) is 0 Å². The van der Waals surface area contributed by atoms with Crippen molar-refractivity contribution >= 4 is 17.7 Å². The van der Waals surface area contributed by atoms with E-state index in [0.717, 1.165) is 48.7 Å². The van der Waals surface area contributed by atoms with Crippen LogP contribution >= 0.6 is 0 Å². The summed E-state index contributed by atoms with van der Waals surface area (Å²) in [5.41, 5.74) is 2.37. The lowest BCUT2D eigenvalue weighted by molar-refractivity contribution is 0.0258. The van der Waals surface area contributed by atoms with Gasteiger partial charge in [0.05, 0.1) is 42.9 Å². The number of halogens is 1. The molecule has 0 aliphatic carbocycles. The van der Waals surface area contributed by atoms with Crippen LogP contribution in [0.3, 0.4) is 0 Å². The van der Waals surface area contributed by atoms with Crippen molar-refractivity contribution in [1.82, 2.24) is 19.9 Å². The van der Waals surface area contributed by atoms with Gasteiger partial charge in [-0.3, -0.25) is 5.41 Å². The first-order valence-corrected chi connectivity index (χ1v) is 11.9. The second-order valence-corrected chi connectivity index (χ2v) is 8.84. The monoisotopic (exact) mass is 476 g/mol. The minimum Gasteiger partial charge on any atom is -0.393 e. The summed E-state index contributed by atoms with van der Waals surface area (Å²) in [6, 6.07) is 12.1. The lowest BCUT2D eigenvalue weighted by Crippen LogP contribution is -2.42. The number of H-pyrrole nitrogens is 1. The number of nitrogens with one attached hydrogen (secondary N) is 2. The van der Waals surface area contributed by atoms with Crippen LogP contribution in [0.2, 0.25) is 0 Å². The van der Waals surface area contributed by atoms with E-state index in [1.165, 1.54) is 12.1 Å². The highest BCUT2D eigenvalue weighted by Gasteiger charge is 2.26. The van der Waals surface area contributed by atoms with E-state index in [1.54, 1.807) is 24.4 Å². The van der Waals surface area contributed by atoms with Crippen LogP contribution in [0.1, 0.15) is 30.3 Å². The largest absolute Gasteiger partial charge is 0.393 e. The predicted molar refractivity (Wildman–Crippen MR) is 133 cm³/mol. The average molecular weight is 477 g/mol. The molecule has 1 aromatic carbocycles. The Morgan fingerprint density at radius 2 is 2.00 bits per heavy atom. The number of morpholine rings is 1. The van der Waals surface area contributed by atoms with Gasteiger partial charge in [-0.2, -0.15) is 0 Å². The molecule has 4 heterocycles. The van der Waals surface area contributed by atoms with E-state index >= 15 is 0 Å². The molecule has 0 unspecified atom stereocenters. The number of piperidine rings is 1. The first-order chi connectivity index (χ1) is 17.1. The third-order valence-corrected chi connectivity index (χ3v) is 6.46. The fourth-order valence-electron chi connectivity index (χ4n) is 4.53. The zero-order valence-corrected chi connectivity index (χ0v) is 19.4. The highest BCUT2D eigenvalue weighted by Crippen LogP contribution is 2.26. The van der Waals surface area contributed by atoms with Gasteiger partial charge < -0.3 is 24.6 Å². The number of aliphatic hydroxyl groups is 1. The van der Waals surface area contributed by atoms with Crippen LogP contribution in [-0.4, -0.2) is 69.7 Å². The van der Waals surface area contributed by atoms with E-state index in [2.05, 4.69) is 14.9 Å². The van der Waals surface area contributed by atoms with Gasteiger partial charge >= 0.3 is 0 Å². The summed E-state index contributed by atoms with van der Waals surface area (Å²) in [5.74, 6) is 1.52. The molecule has 5 rings (SSSR count). The van der Waals surface area contributed by atoms with E-state index in [4.69, 9.17) is 15.1 Å². The van der Waals surface area contributed by atoms with Gasteiger partial charge in [0.25, 0.3) is 0 Å². The third kappa shape index (κ3) is 5.41. The Kier molecular flexibility index (Phi) is 6.87. The van der Waals surface area contributed by atoms with Gasteiger partial charge in [0.15, 0.2) is 0 Å². The van der Waals surface area contributed by atoms with Gasteiger partial charge in [0.2, 0.25) is 0 Å². The molecule has 2 saturated heterocycles. The first-order valence-electron chi connectivity index (χ1n) is 11.9. The van der Waals surface area contributed by atoms with Crippen molar-refractivity contribution in [3.63, 3.8) is 0 Å². The number of pyridine rings is 1. The SMILES string of the molecule is N=C(/C=C\c1ncc(-c2cccc(N3CCC(O)CC3)n2)[nH]1)N1CCOC[C@H]1c1cccc(F)c1. The van der Waals surface area contributed by atoms with Gasteiger partial charge in [-0.15, -0.1) is 0 Å². The number of anilines is 1. The molecule has 35 heavy (non-hydrogen) atoms. The Morgan fingerprint density at radius 1 is 1.17 bits per heavy atom. The normalized spacial score (nSPS) is 19.4. The third-order valence-electron chi connectivity index (χ3n) is 6.46. The van der Waals surface area contributed by atoms with Crippen molar-refractivity contribution in [2.75, 3.05) is 37.7 Å². The van der Waals surface area contributed by atoms with Crippen molar-refractivity contribution in [3.8, 4) is 11.4 Å². The van der Waals surface area contributed by atoms with Gasteiger partial charge in [0.1, 0.15) is 23.3 Å². The van der Waals surface area contributed by atoms with Crippen LogP contribution in [0.15, 0.2) is 54.7 Å². The minimum absolute atomic E-state index is 0.216. The Bertz CT molecular complexity index is 1200. The van der Waals surface area contributed by atoms with Crippen LogP contribution in [0.5, 0.6) is 0 Å². The average Bonchev–Trinajstić information content (AvgIpc) is 3.37. The molecule has 3 N–H and O–H groups in total. The number of hydrogen-bond donors (Lipinski definition) is 3. The van der Waals surface area contributed by atoms with Crippen molar-refractivity contribution in [3.05, 3.63) is 71.9 Å². The van der Waals surface area contributed by atoms with Crippen LogP contribution in [-0.2, 0) is 4.74 Å². The number of nitrogens with zero attached hydrogens (tertiary/aromatic N) is 4. The predicted octanol–water partition coefficient (Wildman–Crippen LogP) is 3.64. The minimum atomic E-state index is -0.297. The topological polar surface area (TPSA) is 101 Å². The van der Waals surface area contributed by atoms with Gasteiger partial charge in [-0.05, 0) is 54.8 Å². The molecule has 2 aromatic heterocycles. The van der Waals surface area contributed by atoms with E-state index in [1.807, 2.05) is 29.2 Å². The van der Waals surface area contributed by atoms with Gasteiger partial charge in [-0.25, -0.2) is 14.4 Å². The van der Waals surface area contributed by atoms with E-state index < -0.39 is 0 Å². The van der Waals surface area contributed by atoms with Gasteiger partial charge in [0, 0.05) is 19.6 Å². The number of ether oxygens (including phenoxy) is 1. The summed E-state index contributed by atoms with van der Waals surface area (Å²) in [6.45, 7) is 3.05. The molecule has 1 atom stereocenters. The molecule has 9 heteroatoms. The fourth-order valence-corrected chi connectivity index (χ4v) is 4.53. The molecule has 182 valence electrons. The molecular weight excluding hydrogens is 447 g/mol. The second kappa shape index (κ2) is 10.4. The molecular formula is C26H29FN6O2. The molecule has 0 radical (unpaired) electrons. The fraction of sp³-hybridized carbons (Fsp3) is 0.346. The number of aromatic nitrogens is 3. The maximum absolute atomic E-state index is 13.8. The lowest BCUT2D eigenvalue weighted by Gasteiger charge is -2.36.